The molecule has 0 bridgehead atoms. The van der Waals surface area contributed by atoms with E-state index in [0.717, 1.165) is 30.6 Å². The van der Waals surface area contributed by atoms with E-state index in [1.165, 1.54) is 0 Å². The van der Waals surface area contributed by atoms with E-state index in [2.05, 4.69) is 99.3 Å². The quantitative estimate of drug-likeness (QED) is 0.152. The van der Waals surface area contributed by atoms with Gasteiger partial charge in [0.05, 0.1) is 30.3 Å². The van der Waals surface area contributed by atoms with Crippen LogP contribution in [-0.4, -0.2) is 44.4 Å². The van der Waals surface area contributed by atoms with Gasteiger partial charge in [-0.2, -0.15) is 0 Å². The van der Waals surface area contributed by atoms with Crippen molar-refractivity contribution >= 4 is 87.4 Å². The van der Waals surface area contributed by atoms with Gasteiger partial charge >= 0.3 is 11.9 Å². The Hall–Kier alpha value is -2.56. The minimum atomic E-state index is -0.248. The first-order valence-electron chi connectivity index (χ1n) is 11.9. The summed E-state index contributed by atoms with van der Waals surface area (Å²) in [4.78, 5) is 41.9. The third-order valence-corrected chi connectivity index (χ3v) is 10.9. The van der Waals surface area contributed by atoms with Crippen molar-refractivity contribution in [2.45, 2.75) is 12.3 Å². The molecule has 2 unspecified atom stereocenters. The molecule has 11 N–H and O–H groups in total. The van der Waals surface area contributed by atoms with E-state index in [-0.39, 0.29) is 29.6 Å². The van der Waals surface area contributed by atoms with Crippen LogP contribution in [0.1, 0.15) is 44.0 Å². The fourth-order valence-electron chi connectivity index (χ4n) is 5.16. The van der Waals surface area contributed by atoms with Gasteiger partial charge in [-0.3, -0.25) is 21.1 Å². The second-order valence-electron chi connectivity index (χ2n) is 9.44. The molecule has 3 atom stereocenters. The zero-order chi connectivity index (χ0) is 28.0. The highest BCUT2D eigenvalue weighted by Crippen LogP contribution is 2.41. The fraction of sp³-hybridized carbons (Fsp3) is 0.304. The molecule has 2 amide bonds. The number of nitrogens with two attached hydrogens (primary N) is 2. The average molecular weight is 794 g/mol. The molecule has 0 radical (unpaired) electrons. The van der Waals surface area contributed by atoms with E-state index < -0.39 is 0 Å². The number of carbonyl (C=O) groups is 2. The maximum Gasteiger partial charge on any atom is 0.350 e. The van der Waals surface area contributed by atoms with Crippen LogP contribution < -0.4 is 32.1 Å². The van der Waals surface area contributed by atoms with Gasteiger partial charge in [0, 0.05) is 26.6 Å². The molecule has 0 saturated carbocycles. The van der Waals surface area contributed by atoms with E-state index in [1.54, 1.807) is 16.7 Å². The number of anilines is 2. The summed E-state index contributed by atoms with van der Waals surface area (Å²) >= 11 is 13.7. The monoisotopic (exact) mass is 790 g/mol. The average Bonchev–Trinajstić information content (AvgIpc) is 3.64. The summed E-state index contributed by atoms with van der Waals surface area (Å²) in [5.74, 6) is -0.0221. The molecule has 16 heteroatoms. The topological polar surface area (TPSA) is 191 Å². The molecule has 4 aromatic rings. The van der Waals surface area contributed by atoms with Crippen LogP contribution in [0.15, 0.2) is 36.5 Å². The van der Waals surface area contributed by atoms with Crippen molar-refractivity contribution in [1.82, 2.24) is 30.2 Å². The Morgan fingerprint density at radius 3 is 2.38 bits per heavy atom. The normalized spacial score (nSPS) is 18.6. The number of nitrogens with zero attached hydrogens (tertiary/aromatic N) is 1. The molecular weight excluding hydrogens is 768 g/mol. The van der Waals surface area contributed by atoms with Crippen LogP contribution in [0.2, 0.25) is 0 Å². The molecule has 4 aromatic heterocycles. The number of carbonyl (C=O) groups excluding carboxylic acids is 2. The number of aromatic nitrogens is 6. The summed E-state index contributed by atoms with van der Waals surface area (Å²) < 4.78 is 4.77. The molecule has 4 heterocycles. The van der Waals surface area contributed by atoms with Crippen LogP contribution in [0.3, 0.4) is 0 Å². The van der Waals surface area contributed by atoms with Crippen molar-refractivity contribution in [3.63, 3.8) is 0 Å². The van der Waals surface area contributed by atoms with E-state index in [1.807, 2.05) is 13.2 Å². The van der Waals surface area contributed by atoms with Gasteiger partial charge in [0.1, 0.15) is 28.5 Å². The molecule has 1 aliphatic carbocycles. The van der Waals surface area contributed by atoms with Gasteiger partial charge in [0.25, 0.3) is 11.8 Å². The third kappa shape index (κ3) is 5.56. The summed E-state index contributed by atoms with van der Waals surface area (Å²) in [6.07, 6.45) is 2.43. The van der Waals surface area contributed by atoms with Crippen molar-refractivity contribution in [3.8, 4) is 0 Å². The zero-order valence-electron chi connectivity index (χ0n) is 20.5. The smallest absolute Gasteiger partial charge is 0.350 e. The Morgan fingerprint density at radius 1 is 1.03 bits per heavy atom. The van der Waals surface area contributed by atoms with Gasteiger partial charge in [0.15, 0.2) is 0 Å². The number of halogens is 4. The minimum Gasteiger partial charge on any atom is -0.350 e. The Kier molecular flexibility index (Phi) is 7.99. The summed E-state index contributed by atoms with van der Waals surface area (Å²) in [6, 6.07) is 3.48. The first-order valence-corrected chi connectivity index (χ1v) is 15.1. The maximum absolute atomic E-state index is 13.2. The van der Waals surface area contributed by atoms with E-state index in [0.29, 0.717) is 47.4 Å². The highest BCUT2D eigenvalue weighted by atomic mass is 79.9. The molecular formula is C23H26Br4N10O2+2. The lowest BCUT2D eigenvalue weighted by Gasteiger charge is -2.35. The van der Waals surface area contributed by atoms with Crippen LogP contribution in [0.25, 0.3) is 0 Å². The predicted octanol–water partition coefficient (Wildman–Crippen LogP) is 2.63. The van der Waals surface area contributed by atoms with Crippen LogP contribution in [-0.2, 0) is 13.5 Å². The second kappa shape index (κ2) is 11.1. The van der Waals surface area contributed by atoms with Crippen LogP contribution in [0.4, 0.5) is 11.9 Å². The number of hydrogen-bond donors (Lipinski definition) is 7. The summed E-state index contributed by atoms with van der Waals surface area (Å²) in [6.45, 7) is 0.699. The second-order valence-corrected chi connectivity index (χ2v) is 12.7. The molecule has 0 aromatic carbocycles. The van der Waals surface area contributed by atoms with Crippen LogP contribution in [0.5, 0.6) is 0 Å². The summed E-state index contributed by atoms with van der Waals surface area (Å²) in [7, 11) is 1.81. The number of amides is 2. The summed E-state index contributed by atoms with van der Waals surface area (Å²) in [5, 5.41) is 6.17. The Morgan fingerprint density at radius 2 is 1.77 bits per heavy atom. The lowest BCUT2D eigenvalue weighted by molar-refractivity contribution is -0.375. The highest BCUT2D eigenvalue weighted by molar-refractivity contribution is 9.13. The van der Waals surface area contributed by atoms with Crippen molar-refractivity contribution in [3.05, 3.63) is 65.0 Å². The lowest BCUT2D eigenvalue weighted by atomic mass is 9.71. The van der Waals surface area contributed by atoms with Crippen LogP contribution >= 0.6 is 63.7 Å². The van der Waals surface area contributed by atoms with Gasteiger partial charge in [-0.05, 0) is 87.7 Å². The minimum absolute atomic E-state index is 0.0583. The van der Waals surface area contributed by atoms with E-state index in [4.69, 9.17) is 11.5 Å². The zero-order valence-corrected chi connectivity index (χ0v) is 26.9. The Balaban J connectivity index is 1.44. The highest BCUT2D eigenvalue weighted by Gasteiger charge is 2.44. The first kappa shape index (κ1) is 28.0. The fourth-order valence-corrected chi connectivity index (χ4v) is 6.60. The predicted molar refractivity (Wildman–Crippen MR) is 158 cm³/mol. The summed E-state index contributed by atoms with van der Waals surface area (Å²) in [5.41, 5.74) is 15.7. The van der Waals surface area contributed by atoms with Crippen LogP contribution in [0, 0.1) is 11.8 Å². The SMILES string of the molecule is Cn1c(C(=O)NCC2Cc3[nH]c(N)[nH+]c3C(c3c[nH+]c(N)[nH]3)[C@@H]2CNC(=O)c2cc(Br)c(Br)[nH]2)cc(Br)c1Br. The van der Waals surface area contributed by atoms with Gasteiger partial charge in [0.2, 0.25) is 0 Å². The van der Waals surface area contributed by atoms with Crippen molar-refractivity contribution in [2.24, 2.45) is 18.9 Å². The van der Waals surface area contributed by atoms with Crippen molar-refractivity contribution in [1.29, 1.82) is 0 Å². The third-order valence-electron chi connectivity index (χ3n) is 7.03. The van der Waals surface area contributed by atoms with E-state index in [9.17, 15) is 9.59 Å². The van der Waals surface area contributed by atoms with Gasteiger partial charge in [-0.15, -0.1) is 0 Å². The molecule has 12 nitrogen and oxygen atoms in total. The van der Waals surface area contributed by atoms with Crippen molar-refractivity contribution in [2.75, 3.05) is 24.6 Å². The van der Waals surface area contributed by atoms with Gasteiger partial charge < -0.3 is 20.2 Å². The molecule has 0 saturated heterocycles. The Bertz CT molecular complexity index is 1530. The number of aromatic amines is 5. The number of imidazole rings is 2. The Labute approximate surface area is 256 Å². The molecule has 206 valence electrons. The van der Waals surface area contributed by atoms with E-state index >= 15 is 0 Å². The molecule has 5 rings (SSSR count). The number of fused-ring (bicyclic) bond motifs is 1. The number of nitrogen functional groups attached to an aromatic ring is 2. The number of hydrogen-bond acceptors (Lipinski definition) is 4. The van der Waals surface area contributed by atoms with Crippen molar-refractivity contribution < 1.29 is 19.6 Å². The number of rotatable bonds is 7. The largest absolute Gasteiger partial charge is 0.350 e. The number of H-pyrrole nitrogens is 5. The molecule has 39 heavy (non-hydrogen) atoms. The molecule has 0 spiro atoms. The maximum atomic E-state index is 13.2. The first-order chi connectivity index (χ1) is 18.5. The standard InChI is InChI=1S/C23H24Br4N10O2/c1-37-15(4-11(25)19(37)27)21(39)30-5-8-2-12-17(36-23(29)34-12)16(14-7-32-22(28)35-14)9(8)6-31-20(38)13-3-10(24)18(26)33-13/h3-4,7-9,16,33H,2,5-6H2,1H3,(H,30,39)(H,31,38)(H3,28,32,35)(H3,29,34,36)/p+2/t8?,9-,16?/m1/s1. The molecule has 1 aliphatic rings. The van der Waals surface area contributed by atoms with Gasteiger partial charge in [-0.25, -0.2) is 19.9 Å². The van der Waals surface area contributed by atoms with Gasteiger partial charge in [-0.1, -0.05) is 0 Å². The molecule has 0 fully saturated rings. The number of nitrogens with one attached hydrogen (secondary N) is 7. The lowest BCUT2D eigenvalue weighted by Crippen LogP contribution is -2.45. The molecule has 0 aliphatic heterocycles.